The molecule has 2 aliphatic heterocycles. The van der Waals surface area contributed by atoms with Gasteiger partial charge in [-0.25, -0.2) is 0 Å². The van der Waals surface area contributed by atoms with E-state index in [1.54, 1.807) is 0 Å². The molecule has 244 valence electrons. The van der Waals surface area contributed by atoms with Gasteiger partial charge in [0.1, 0.15) is 23.0 Å². The van der Waals surface area contributed by atoms with Crippen LogP contribution in [0.3, 0.4) is 0 Å². The highest BCUT2D eigenvalue weighted by Crippen LogP contribution is 2.63. The molecule has 52 heavy (non-hydrogen) atoms. The highest BCUT2D eigenvalue weighted by molar-refractivity contribution is 6.10. The lowest BCUT2D eigenvalue weighted by Crippen LogP contribution is -2.37. The predicted molar refractivity (Wildman–Crippen MR) is 210 cm³/mol. The third-order valence-electron chi connectivity index (χ3n) is 10.9. The van der Waals surface area contributed by atoms with Gasteiger partial charge in [0.05, 0.1) is 16.4 Å². The fraction of sp³-hybridized carbons (Fsp3) is 0.0204. The second kappa shape index (κ2) is 11.1. The van der Waals surface area contributed by atoms with Crippen molar-refractivity contribution in [2.24, 2.45) is 0 Å². The second-order valence-electron chi connectivity index (χ2n) is 13.6. The molecule has 2 aliphatic rings. The van der Waals surface area contributed by atoms with E-state index in [1.807, 2.05) is 0 Å². The Balaban J connectivity index is 1.20. The average Bonchev–Trinajstić information content (AvgIpc) is 3.55. The van der Waals surface area contributed by atoms with Crippen molar-refractivity contribution in [1.82, 2.24) is 4.57 Å². The van der Waals surface area contributed by atoms with Gasteiger partial charge in [0.15, 0.2) is 0 Å². The lowest BCUT2D eigenvalue weighted by Gasteiger charge is -2.45. The lowest BCUT2D eigenvalue weighted by molar-refractivity contribution is 0.400. The SMILES string of the molecule is c1ccc(-c2cccc3c2Oc2ccc(-c4ccc5c6ccccc6n(-c6ccccc6)c5c4)cc2C32c3ccccc3Oc3ccccc32)cc1. The van der Waals surface area contributed by atoms with Gasteiger partial charge < -0.3 is 14.0 Å². The zero-order valence-corrected chi connectivity index (χ0v) is 28.2. The van der Waals surface area contributed by atoms with E-state index in [0.29, 0.717) is 0 Å². The van der Waals surface area contributed by atoms with E-state index in [9.17, 15) is 0 Å². The van der Waals surface area contributed by atoms with Crippen LogP contribution in [0.2, 0.25) is 0 Å². The van der Waals surface area contributed by atoms with E-state index in [1.165, 1.54) is 21.8 Å². The Morgan fingerprint density at radius 1 is 0.365 bits per heavy atom. The molecule has 0 atom stereocenters. The summed E-state index contributed by atoms with van der Waals surface area (Å²) in [6.07, 6.45) is 0. The summed E-state index contributed by atoms with van der Waals surface area (Å²) in [4.78, 5) is 0. The van der Waals surface area contributed by atoms with Gasteiger partial charge >= 0.3 is 0 Å². The molecule has 3 heteroatoms. The number of para-hydroxylation sites is 5. The number of fused-ring (bicyclic) bond motifs is 11. The van der Waals surface area contributed by atoms with E-state index < -0.39 is 5.41 Å². The third-order valence-corrected chi connectivity index (χ3v) is 10.9. The molecule has 9 aromatic rings. The van der Waals surface area contributed by atoms with E-state index in [2.05, 4.69) is 193 Å². The summed E-state index contributed by atoms with van der Waals surface area (Å²) in [7, 11) is 0. The number of benzene rings is 8. The van der Waals surface area contributed by atoms with Crippen molar-refractivity contribution in [3.63, 3.8) is 0 Å². The minimum absolute atomic E-state index is 0.696. The normalized spacial score (nSPS) is 13.5. The maximum atomic E-state index is 7.05. The fourth-order valence-electron chi connectivity index (χ4n) is 8.71. The van der Waals surface area contributed by atoms with Crippen LogP contribution in [0.4, 0.5) is 0 Å². The van der Waals surface area contributed by atoms with Crippen molar-refractivity contribution in [2.45, 2.75) is 5.41 Å². The zero-order valence-electron chi connectivity index (χ0n) is 28.2. The molecule has 0 unspecified atom stereocenters. The van der Waals surface area contributed by atoms with Crippen LogP contribution < -0.4 is 9.47 Å². The first kappa shape index (κ1) is 28.9. The number of hydrogen-bond donors (Lipinski definition) is 0. The fourth-order valence-corrected chi connectivity index (χ4v) is 8.71. The number of nitrogens with zero attached hydrogens (tertiary/aromatic N) is 1. The van der Waals surface area contributed by atoms with Crippen LogP contribution in [0.1, 0.15) is 22.3 Å². The van der Waals surface area contributed by atoms with Gasteiger partial charge in [0.25, 0.3) is 0 Å². The minimum atomic E-state index is -0.696. The van der Waals surface area contributed by atoms with Gasteiger partial charge in [0, 0.05) is 44.3 Å². The van der Waals surface area contributed by atoms with Gasteiger partial charge in [-0.3, -0.25) is 0 Å². The molecule has 3 heterocycles. The van der Waals surface area contributed by atoms with Crippen molar-refractivity contribution in [3.05, 3.63) is 210 Å². The first-order valence-electron chi connectivity index (χ1n) is 17.8. The average molecular weight is 666 g/mol. The summed E-state index contributed by atoms with van der Waals surface area (Å²) in [6, 6.07) is 67.0. The van der Waals surface area contributed by atoms with Crippen molar-refractivity contribution in [2.75, 3.05) is 0 Å². The Hall–Kier alpha value is -6.84. The molecule has 11 rings (SSSR count). The van der Waals surface area contributed by atoms with Crippen molar-refractivity contribution < 1.29 is 9.47 Å². The Bertz CT molecular complexity index is 2810. The van der Waals surface area contributed by atoms with Gasteiger partial charge in [-0.1, -0.05) is 140 Å². The molecule has 3 nitrogen and oxygen atoms in total. The Morgan fingerprint density at radius 2 is 0.962 bits per heavy atom. The Morgan fingerprint density at radius 3 is 1.75 bits per heavy atom. The molecular formula is C49H31NO2. The topological polar surface area (TPSA) is 23.4 Å². The molecule has 0 saturated carbocycles. The van der Waals surface area contributed by atoms with Gasteiger partial charge in [-0.2, -0.15) is 0 Å². The summed E-state index contributed by atoms with van der Waals surface area (Å²) in [5.74, 6) is 3.41. The van der Waals surface area contributed by atoms with Crippen LogP contribution in [-0.2, 0) is 5.41 Å². The summed E-state index contributed by atoms with van der Waals surface area (Å²) in [5.41, 5.74) is 11.6. The molecule has 0 bridgehead atoms. The molecule has 0 radical (unpaired) electrons. The van der Waals surface area contributed by atoms with Gasteiger partial charge in [0.2, 0.25) is 0 Å². The van der Waals surface area contributed by atoms with Crippen molar-refractivity contribution >= 4 is 21.8 Å². The van der Waals surface area contributed by atoms with Gasteiger partial charge in [-0.05, 0) is 65.2 Å². The smallest absolute Gasteiger partial charge is 0.140 e. The molecule has 1 spiro atoms. The standard InChI is InChI=1S/C49H31NO2/c1-3-14-32(15-4-1)36-19-13-22-41-48(36)52-47-29-27-33(30-42(47)49(41)39-20-8-11-24-45(39)51-46-25-12-9-21-40(46)49)34-26-28-38-37-18-7-10-23-43(37)50(44(38)31-34)35-16-5-2-6-17-35/h1-31H. The molecule has 0 N–H and O–H groups in total. The molecule has 1 aromatic heterocycles. The van der Waals surface area contributed by atoms with E-state index in [0.717, 1.165) is 73.2 Å². The van der Waals surface area contributed by atoms with Crippen LogP contribution >= 0.6 is 0 Å². The van der Waals surface area contributed by atoms with E-state index >= 15 is 0 Å². The summed E-state index contributed by atoms with van der Waals surface area (Å²) in [5, 5.41) is 2.47. The first-order valence-corrected chi connectivity index (χ1v) is 17.8. The van der Waals surface area contributed by atoms with Crippen LogP contribution in [0.15, 0.2) is 188 Å². The molecule has 0 saturated heterocycles. The molecule has 0 amide bonds. The van der Waals surface area contributed by atoms with E-state index in [4.69, 9.17) is 9.47 Å². The number of aromatic nitrogens is 1. The minimum Gasteiger partial charge on any atom is -0.457 e. The maximum absolute atomic E-state index is 7.05. The van der Waals surface area contributed by atoms with Crippen LogP contribution in [-0.4, -0.2) is 4.57 Å². The Kier molecular flexibility index (Phi) is 6.17. The summed E-state index contributed by atoms with van der Waals surface area (Å²) >= 11 is 0. The summed E-state index contributed by atoms with van der Waals surface area (Å²) in [6.45, 7) is 0. The van der Waals surface area contributed by atoms with Crippen LogP contribution in [0, 0.1) is 0 Å². The highest BCUT2D eigenvalue weighted by atomic mass is 16.5. The molecular weight excluding hydrogens is 635 g/mol. The lowest BCUT2D eigenvalue weighted by atomic mass is 9.61. The summed E-state index contributed by atoms with van der Waals surface area (Å²) < 4.78 is 16.1. The second-order valence-corrected chi connectivity index (χ2v) is 13.6. The van der Waals surface area contributed by atoms with E-state index in [-0.39, 0.29) is 0 Å². The molecule has 0 fully saturated rings. The quantitative estimate of drug-likeness (QED) is 0.187. The monoisotopic (exact) mass is 665 g/mol. The van der Waals surface area contributed by atoms with Crippen molar-refractivity contribution in [1.29, 1.82) is 0 Å². The zero-order chi connectivity index (χ0) is 34.2. The Labute approximate surface area is 301 Å². The highest BCUT2D eigenvalue weighted by Gasteiger charge is 2.51. The molecule has 8 aromatic carbocycles. The van der Waals surface area contributed by atoms with Gasteiger partial charge in [-0.15, -0.1) is 0 Å². The number of hydrogen-bond acceptors (Lipinski definition) is 2. The largest absolute Gasteiger partial charge is 0.457 e. The van der Waals surface area contributed by atoms with Crippen molar-refractivity contribution in [3.8, 4) is 50.9 Å². The van der Waals surface area contributed by atoms with Crippen LogP contribution in [0.5, 0.6) is 23.0 Å². The maximum Gasteiger partial charge on any atom is 0.140 e. The third kappa shape index (κ3) is 4.02. The predicted octanol–water partition coefficient (Wildman–Crippen LogP) is 12.7. The number of ether oxygens (including phenoxy) is 2. The first-order chi connectivity index (χ1) is 25.8. The molecule has 0 aliphatic carbocycles. The van der Waals surface area contributed by atoms with Crippen LogP contribution in [0.25, 0.3) is 49.7 Å². The number of rotatable bonds is 3.